The van der Waals surface area contributed by atoms with Crippen LogP contribution < -0.4 is 0 Å². The van der Waals surface area contributed by atoms with Crippen LogP contribution in [0.2, 0.25) is 0 Å². The highest BCUT2D eigenvalue weighted by atomic mass is 16.5. The van der Waals surface area contributed by atoms with E-state index in [2.05, 4.69) is 5.16 Å². The van der Waals surface area contributed by atoms with Gasteiger partial charge in [0.1, 0.15) is 0 Å². The molecule has 0 bridgehead atoms. The van der Waals surface area contributed by atoms with Gasteiger partial charge in [-0.3, -0.25) is 0 Å². The average Bonchev–Trinajstić information content (AvgIpc) is 2.39. The summed E-state index contributed by atoms with van der Waals surface area (Å²) < 4.78 is 4.97. The lowest BCUT2D eigenvalue weighted by molar-refractivity contribution is 0.412. The quantitative estimate of drug-likeness (QED) is 0.646. The van der Waals surface area contributed by atoms with Crippen molar-refractivity contribution in [2.75, 3.05) is 0 Å². The number of hydrogen-bond acceptors (Lipinski definition) is 2. The fraction of sp³-hybridized carbons (Fsp3) is 0.222. The second-order valence-corrected chi connectivity index (χ2v) is 2.15. The topological polar surface area (TPSA) is 26.0 Å². The summed E-state index contributed by atoms with van der Waals surface area (Å²) in [5.74, 6) is 0.811. The van der Waals surface area contributed by atoms with E-state index in [0.29, 0.717) is 0 Å². The third-order valence-electron chi connectivity index (χ3n) is 1.29. The Bertz CT molecular complexity index is 244. The first kappa shape index (κ1) is 7.79. The number of nitrogens with zero attached hydrogens (tertiary/aromatic N) is 1. The maximum absolute atomic E-state index is 4.97. The molecular weight excluding hydrogens is 138 g/mol. The Morgan fingerprint density at radius 1 is 1.27 bits per heavy atom. The molecule has 0 aliphatic heterocycles. The van der Waals surface area contributed by atoms with Crippen LogP contribution >= 0.6 is 0 Å². The van der Waals surface area contributed by atoms with Gasteiger partial charge in [0.15, 0.2) is 5.76 Å². The standard InChI is InChI=1S/C9H11NO/c1-3-5-8-7-10-11-9(8)6-4-2/h3-7H,1-2H3/b5-3-,6-4-. The monoisotopic (exact) mass is 149 g/mol. The van der Waals surface area contributed by atoms with Crippen molar-refractivity contribution in [3.8, 4) is 0 Å². The molecule has 0 saturated carbocycles. The maximum Gasteiger partial charge on any atom is 0.166 e. The molecule has 1 heterocycles. The van der Waals surface area contributed by atoms with Crippen molar-refractivity contribution in [3.63, 3.8) is 0 Å². The van der Waals surface area contributed by atoms with Crippen LogP contribution in [0.4, 0.5) is 0 Å². The van der Waals surface area contributed by atoms with E-state index in [4.69, 9.17) is 4.52 Å². The third-order valence-corrected chi connectivity index (χ3v) is 1.29. The van der Waals surface area contributed by atoms with Gasteiger partial charge in [0.05, 0.1) is 6.20 Å². The molecule has 0 N–H and O–H groups in total. The van der Waals surface area contributed by atoms with Crippen LogP contribution in [0.3, 0.4) is 0 Å². The van der Waals surface area contributed by atoms with Gasteiger partial charge >= 0.3 is 0 Å². The summed E-state index contributed by atoms with van der Waals surface area (Å²) in [4.78, 5) is 0. The minimum Gasteiger partial charge on any atom is -0.356 e. The molecule has 0 spiro atoms. The molecule has 0 aromatic carbocycles. The van der Waals surface area contributed by atoms with Crippen molar-refractivity contribution in [2.24, 2.45) is 0 Å². The normalized spacial score (nSPS) is 11.8. The second kappa shape index (κ2) is 3.76. The van der Waals surface area contributed by atoms with Gasteiger partial charge in [-0.25, -0.2) is 0 Å². The van der Waals surface area contributed by atoms with Crippen molar-refractivity contribution >= 4 is 12.2 Å². The highest BCUT2D eigenvalue weighted by molar-refractivity contribution is 5.59. The predicted molar refractivity (Wildman–Crippen MR) is 45.9 cm³/mol. The first-order chi connectivity index (χ1) is 5.38. The van der Waals surface area contributed by atoms with Gasteiger partial charge in [0.25, 0.3) is 0 Å². The Morgan fingerprint density at radius 3 is 2.64 bits per heavy atom. The molecule has 0 saturated heterocycles. The zero-order chi connectivity index (χ0) is 8.10. The van der Waals surface area contributed by atoms with Crippen LogP contribution in [0.1, 0.15) is 25.2 Å². The lowest BCUT2D eigenvalue weighted by atomic mass is 10.2. The Labute approximate surface area is 66.2 Å². The number of aromatic nitrogens is 1. The molecule has 1 rings (SSSR count). The lowest BCUT2D eigenvalue weighted by Gasteiger charge is -1.84. The summed E-state index contributed by atoms with van der Waals surface area (Å²) in [6.45, 7) is 3.91. The summed E-state index contributed by atoms with van der Waals surface area (Å²) in [5, 5.41) is 3.68. The molecule has 2 heteroatoms. The summed E-state index contributed by atoms with van der Waals surface area (Å²) >= 11 is 0. The van der Waals surface area contributed by atoms with Gasteiger partial charge in [-0.2, -0.15) is 0 Å². The van der Waals surface area contributed by atoms with Crippen molar-refractivity contribution < 1.29 is 4.52 Å². The van der Waals surface area contributed by atoms with Crippen LogP contribution in [0.25, 0.3) is 12.2 Å². The predicted octanol–water partition coefficient (Wildman–Crippen LogP) is 2.74. The SMILES string of the molecule is C/C=C\c1cnoc1/C=C\C. The van der Waals surface area contributed by atoms with Gasteiger partial charge in [-0.05, 0) is 19.9 Å². The van der Waals surface area contributed by atoms with Gasteiger partial charge in [0, 0.05) is 5.56 Å². The average molecular weight is 149 g/mol. The van der Waals surface area contributed by atoms with Crippen LogP contribution in [-0.2, 0) is 0 Å². The lowest BCUT2D eigenvalue weighted by Crippen LogP contribution is -1.68. The van der Waals surface area contributed by atoms with Crippen molar-refractivity contribution in [1.29, 1.82) is 0 Å². The zero-order valence-corrected chi connectivity index (χ0v) is 6.74. The van der Waals surface area contributed by atoms with E-state index in [1.54, 1.807) is 6.20 Å². The fourth-order valence-corrected chi connectivity index (χ4v) is 0.839. The highest BCUT2D eigenvalue weighted by Gasteiger charge is 1.98. The Kier molecular flexibility index (Phi) is 2.66. The van der Waals surface area contributed by atoms with Gasteiger partial charge in [-0.1, -0.05) is 23.4 Å². The number of rotatable bonds is 2. The van der Waals surface area contributed by atoms with Gasteiger partial charge < -0.3 is 4.52 Å². The Balaban J connectivity index is 2.95. The summed E-state index contributed by atoms with van der Waals surface area (Å²) in [7, 11) is 0. The van der Waals surface area contributed by atoms with Crippen molar-refractivity contribution in [3.05, 3.63) is 29.7 Å². The molecule has 2 nitrogen and oxygen atoms in total. The first-order valence-electron chi connectivity index (χ1n) is 3.58. The number of hydrogen-bond donors (Lipinski definition) is 0. The minimum atomic E-state index is 0.811. The molecular formula is C9H11NO. The fourth-order valence-electron chi connectivity index (χ4n) is 0.839. The largest absolute Gasteiger partial charge is 0.356 e. The molecule has 0 aliphatic carbocycles. The summed E-state index contributed by atoms with van der Waals surface area (Å²) in [6, 6.07) is 0. The highest BCUT2D eigenvalue weighted by Crippen LogP contribution is 2.11. The van der Waals surface area contributed by atoms with E-state index in [1.165, 1.54) is 0 Å². The summed E-state index contributed by atoms with van der Waals surface area (Å²) in [5.41, 5.74) is 1.02. The van der Waals surface area contributed by atoms with Crippen LogP contribution in [0.5, 0.6) is 0 Å². The van der Waals surface area contributed by atoms with E-state index in [-0.39, 0.29) is 0 Å². The van der Waals surface area contributed by atoms with Crippen LogP contribution in [-0.4, -0.2) is 5.16 Å². The van der Waals surface area contributed by atoms with E-state index in [1.807, 2.05) is 38.2 Å². The summed E-state index contributed by atoms with van der Waals surface area (Å²) in [6.07, 6.45) is 9.44. The first-order valence-corrected chi connectivity index (χ1v) is 3.58. The third kappa shape index (κ3) is 1.80. The Hall–Kier alpha value is -1.31. The minimum absolute atomic E-state index is 0.811. The zero-order valence-electron chi connectivity index (χ0n) is 6.74. The smallest absolute Gasteiger partial charge is 0.166 e. The maximum atomic E-state index is 4.97. The van der Waals surface area contributed by atoms with E-state index in [9.17, 15) is 0 Å². The number of allylic oxidation sites excluding steroid dienone is 2. The van der Waals surface area contributed by atoms with E-state index >= 15 is 0 Å². The van der Waals surface area contributed by atoms with E-state index in [0.717, 1.165) is 11.3 Å². The van der Waals surface area contributed by atoms with Gasteiger partial charge in [-0.15, -0.1) is 0 Å². The second-order valence-electron chi connectivity index (χ2n) is 2.15. The molecule has 0 radical (unpaired) electrons. The molecule has 0 atom stereocenters. The molecule has 0 amide bonds. The van der Waals surface area contributed by atoms with Crippen LogP contribution in [0.15, 0.2) is 22.9 Å². The molecule has 0 unspecified atom stereocenters. The van der Waals surface area contributed by atoms with Crippen molar-refractivity contribution in [2.45, 2.75) is 13.8 Å². The molecule has 11 heavy (non-hydrogen) atoms. The van der Waals surface area contributed by atoms with E-state index < -0.39 is 0 Å². The van der Waals surface area contributed by atoms with Gasteiger partial charge in [0.2, 0.25) is 0 Å². The molecule has 0 aliphatic rings. The molecule has 58 valence electrons. The molecule has 0 fully saturated rings. The van der Waals surface area contributed by atoms with Crippen molar-refractivity contribution in [1.82, 2.24) is 5.16 Å². The molecule has 1 aromatic rings. The van der Waals surface area contributed by atoms with Crippen LogP contribution in [0, 0.1) is 0 Å². The Morgan fingerprint density at radius 2 is 2.00 bits per heavy atom. The molecule has 1 aromatic heterocycles.